The van der Waals surface area contributed by atoms with Crippen LogP contribution in [-0.4, -0.2) is 11.7 Å². The van der Waals surface area contributed by atoms with Crippen molar-refractivity contribution in [1.29, 1.82) is 0 Å². The van der Waals surface area contributed by atoms with E-state index in [0.717, 1.165) is 22.4 Å². The van der Waals surface area contributed by atoms with Crippen molar-refractivity contribution in [3.05, 3.63) is 65.0 Å². The van der Waals surface area contributed by atoms with Crippen LogP contribution in [0.1, 0.15) is 16.7 Å². The molecule has 0 amide bonds. The highest BCUT2D eigenvalue weighted by molar-refractivity contribution is 5.29. The average Bonchev–Trinajstić information content (AvgIpc) is 2.40. The molecule has 0 fully saturated rings. The smallest absolute Gasteiger partial charge is 0.123 e. The first kappa shape index (κ1) is 13.6. The lowest BCUT2D eigenvalue weighted by molar-refractivity contribution is 0.298. The molecular weight excluding hydrogens is 243 g/mol. The van der Waals surface area contributed by atoms with Crippen LogP contribution in [-0.2, 0) is 13.0 Å². The van der Waals surface area contributed by atoms with Crippen LogP contribution in [0, 0.1) is 12.7 Å². The number of hydrogen-bond donors (Lipinski definition) is 1. The Morgan fingerprint density at radius 3 is 2.47 bits per heavy atom. The quantitative estimate of drug-likeness (QED) is 0.894. The maximum Gasteiger partial charge on any atom is 0.123 e. The first-order valence-corrected chi connectivity index (χ1v) is 6.26. The predicted molar refractivity (Wildman–Crippen MR) is 72.7 cm³/mol. The second kappa shape index (κ2) is 6.34. The Hall–Kier alpha value is -1.87. The van der Waals surface area contributed by atoms with Crippen molar-refractivity contribution >= 4 is 0 Å². The molecular formula is C16H17FO2. The van der Waals surface area contributed by atoms with Crippen molar-refractivity contribution in [2.75, 3.05) is 6.61 Å². The molecule has 0 atom stereocenters. The Morgan fingerprint density at radius 2 is 1.84 bits per heavy atom. The second-order valence-electron chi connectivity index (χ2n) is 4.48. The van der Waals surface area contributed by atoms with Gasteiger partial charge in [-0.05, 0) is 54.3 Å². The summed E-state index contributed by atoms with van der Waals surface area (Å²) in [7, 11) is 0. The van der Waals surface area contributed by atoms with Crippen LogP contribution < -0.4 is 4.74 Å². The van der Waals surface area contributed by atoms with Crippen LogP contribution >= 0.6 is 0 Å². The predicted octanol–water partition coefficient (Wildman–Crippen LogP) is 3.25. The molecule has 19 heavy (non-hydrogen) atoms. The fraction of sp³-hybridized carbons (Fsp3) is 0.250. The van der Waals surface area contributed by atoms with E-state index < -0.39 is 0 Å². The van der Waals surface area contributed by atoms with Gasteiger partial charge in [0.2, 0.25) is 0 Å². The standard InChI is InChI=1S/C16H17FO2/c1-12-10-15(17)5-4-14(12)11-19-16-6-2-13(3-7-16)8-9-18/h2-7,10,18H,8-9,11H2,1H3. The summed E-state index contributed by atoms with van der Waals surface area (Å²) in [6.45, 7) is 2.44. The summed E-state index contributed by atoms with van der Waals surface area (Å²) in [6.07, 6.45) is 0.650. The molecule has 0 spiro atoms. The molecule has 0 saturated carbocycles. The van der Waals surface area contributed by atoms with Crippen LogP contribution in [0.5, 0.6) is 5.75 Å². The lowest BCUT2D eigenvalue weighted by atomic mass is 10.1. The van der Waals surface area contributed by atoms with E-state index in [2.05, 4.69) is 0 Å². The molecule has 0 saturated heterocycles. The minimum absolute atomic E-state index is 0.148. The topological polar surface area (TPSA) is 29.5 Å². The number of aliphatic hydroxyl groups excluding tert-OH is 1. The van der Waals surface area contributed by atoms with Crippen LogP contribution in [0.25, 0.3) is 0 Å². The van der Waals surface area contributed by atoms with E-state index in [9.17, 15) is 4.39 Å². The molecule has 0 heterocycles. The van der Waals surface area contributed by atoms with Gasteiger partial charge in [-0.1, -0.05) is 18.2 Å². The van der Waals surface area contributed by atoms with Gasteiger partial charge in [-0.2, -0.15) is 0 Å². The van der Waals surface area contributed by atoms with Crippen molar-refractivity contribution < 1.29 is 14.2 Å². The highest BCUT2D eigenvalue weighted by atomic mass is 19.1. The zero-order valence-corrected chi connectivity index (χ0v) is 10.9. The molecule has 0 aliphatic carbocycles. The van der Waals surface area contributed by atoms with Gasteiger partial charge in [0.15, 0.2) is 0 Å². The van der Waals surface area contributed by atoms with E-state index >= 15 is 0 Å². The minimum atomic E-state index is -0.227. The highest BCUT2D eigenvalue weighted by Crippen LogP contribution is 2.16. The molecule has 1 N–H and O–H groups in total. The zero-order valence-electron chi connectivity index (χ0n) is 10.9. The van der Waals surface area contributed by atoms with E-state index in [1.54, 1.807) is 6.07 Å². The van der Waals surface area contributed by atoms with Gasteiger partial charge >= 0.3 is 0 Å². The molecule has 100 valence electrons. The normalized spacial score (nSPS) is 10.5. The number of halogens is 1. The van der Waals surface area contributed by atoms with Crippen molar-refractivity contribution in [3.8, 4) is 5.75 Å². The SMILES string of the molecule is Cc1cc(F)ccc1COc1ccc(CCO)cc1. The van der Waals surface area contributed by atoms with Gasteiger partial charge in [0.1, 0.15) is 18.2 Å². The fourth-order valence-corrected chi connectivity index (χ4v) is 1.86. The van der Waals surface area contributed by atoms with Gasteiger partial charge in [-0.25, -0.2) is 4.39 Å². The van der Waals surface area contributed by atoms with Crippen molar-refractivity contribution in [1.82, 2.24) is 0 Å². The maximum atomic E-state index is 13.0. The van der Waals surface area contributed by atoms with Gasteiger partial charge in [0.05, 0.1) is 0 Å². The van der Waals surface area contributed by atoms with Crippen LogP contribution in [0.2, 0.25) is 0 Å². The zero-order chi connectivity index (χ0) is 13.7. The fourth-order valence-electron chi connectivity index (χ4n) is 1.86. The van der Waals surface area contributed by atoms with Crippen LogP contribution in [0.15, 0.2) is 42.5 Å². The first-order chi connectivity index (χ1) is 9.19. The molecule has 0 bridgehead atoms. The second-order valence-corrected chi connectivity index (χ2v) is 4.48. The minimum Gasteiger partial charge on any atom is -0.489 e. The third kappa shape index (κ3) is 3.80. The van der Waals surface area contributed by atoms with E-state index in [1.807, 2.05) is 31.2 Å². The van der Waals surface area contributed by atoms with Crippen LogP contribution in [0.4, 0.5) is 4.39 Å². The number of ether oxygens (including phenoxy) is 1. The van der Waals surface area contributed by atoms with E-state index in [4.69, 9.17) is 9.84 Å². The van der Waals surface area contributed by atoms with Gasteiger partial charge < -0.3 is 9.84 Å². The van der Waals surface area contributed by atoms with Crippen molar-refractivity contribution in [2.24, 2.45) is 0 Å². The monoisotopic (exact) mass is 260 g/mol. The number of rotatable bonds is 5. The van der Waals surface area contributed by atoms with E-state index in [0.29, 0.717) is 13.0 Å². The summed E-state index contributed by atoms with van der Waals surface area (Å²) in [5, 5.41) is 8.83. The lowest BCUT2D eigenvalue weighted by Crippen LogP contribution is -1.98. The number of benzene rings is 2. The molecule has 3 heteroatoms. The Bertz CT molecular complexity index is 535. The molecule has 0 aliphatic heterocycles. The number of aliphatic hydroxyl groups is 1. The average molecular weight is 260 g/mol. The first-order valence-electron chi connectivity index (χ1n) is 6.26. The molecule has 0 radical (unpaired) electrons. The molecule has 0 unspecified atom stereocenters. The Kier molecular flexibility index (Phi) is 4.53. The van der Waals surface area contributed by atoms with E-state index in [1.165, 1.54) is 12.1 Å². The molecule has 2 aromatic rings. The lowest BCUT2D eigenvalue weighted by Gasteiger charge is -2.09. The molecule has 2 aromatic carbocycles. The highest BCUT2D eigenvalue weighted by Gasteiger charge is 2.01. The van der Waals surface area contributed by atoms with Crippen LogP contribution in [0.3, 0.4) is 0 Å². The maximum absolute atomic E-state index is 13.0. The Labute approximate surface area is 112 Å². The summed E-state index contributed by atoms with van der Waals surface area (Å²) >= 11 is 0. The summed E-state index contributed by atoms with van der Waals surface area (Å²) in [5.74, 6) is 0.542. The van der Waals surface area contributed by atoms with Gasteiger partial charge in [-0.15, -0.1) is 0 Å². The molecule has 2 nitrogen and oxygen atoms in total. The Balaban J connectivity index is 1.98. The Morgan fingerprint density at radius 1 is 1.11 bits per heavy atom. The number of hydrogen-bond acceptors (Lipinski definition) is 2. The van der Waals surface area contributed by atoms with Crippen molar-refractivity contribution in [3.63, 3.8) is 0 Å². The van der Waals surface area contributed by atoms with Gasteiger partial charge in [-0.3, -0.25) is 0 Å². The van der Waals surface area contributed by atoms with Gasteiger partial charge in [0.25, 0.3) is 0 Å². The molecule has 0 aromatic heterocycles. The third-order valence-corrected chi connectivity index (χ3v) is 3.02. The van der Waals surface area contributed by atoms with Gasteiger partial charge in [0, 0.05) is 6.61 Å². The summed E-state index contributed by atoms with van der Waals surface area (Å²) < 4.78 is 18.6. The van der Waals surface area contributed by atoms with Crippen molar-refractivity contribution in [2.45, 2.75) is 20.0 Å². The number of aryl methyl sites for hydroxylation is 1. The summed E-state index contributed by atoms with van der Waals surface area (Å²) in [4.78, 5) is 0. The summed E-state index contributed by atoms with van der Waals surface area (Å²) in [5.41, 5.74) is 2.94. The van der Waals surface area contributed by atoms with E-state index in [-0.39, 0.29) is 12.4 Å². The third-order valence-electron chi connectivity index (χ3n) is 3.02. The molecule has 0 aliphatic rings. The summed E-state index contributed by atoms with van der Waals surface area (Å²) in [6, 6.07) is 12.3. The molecule has 2 rings (SSSR count). The largest absolute Gasteiger partial charge is 0.489 e.